The number of hydrogen-bond acceptors (Lipinski definition) is 5. The quantitative estimate of drug-likeness (QED) is 0.535. The maximum absolute atomic E-state index is 11.7. The number of carbonyl (C=O) groups is 1. The van der Waals surface area contributed by atoms with E-state index in [2.05, 4.69) is 31.2 Å². The molecule has 0 aliphatic carbocycles. The molecule has 4 rings (SSSR count). The Bertz CT molecular complexity index is 952. The van der Waals surface area contributed by atoms with E-state index < -0.39 is 0 Å². The Morgan fingerprint density at radius 1 is 1.29 bits per heavy atom. The third kappa shape index (κ3) is 2.28. The first kappa shape index (κ1) is 14.9. The predicted molar refractivity (Wildman–Crippen MR) is 93.5 cm³/mol. The van der Waals surface area contributed by atoms with Gasteiger partial charge in [0.15, 0.2) is 5.82 Å². The molecular weight excluding hydrogens is 372 g/mol. The van der Waals surface area contributed by atoms with Crippen molar-refractivity contribution in [2.75, 3.05) is 12.4 Å². The van der Waals surface area contributed by atoms with E-state index in [4.69, 9.17) is 4.74 Å². The molecule has 120 valence electrons. The number of rotatable bonds is 2. The molecule has 7 heteroatoms. The lowest BCUT2D eigenvalue weighted by Gasteiger charge is -2.09. The topological polar surface area (TPSA) is 69.0 Å². The van der Waals surface area contributed by atoms with Crippen LogP contribution in [0.2, 0.25) is 0 Å². The number of hydrogen-bond donors (Lipinski definition) is 1. The zero-order valence-electron chi connectivity index (χ0n) is 12.8. The van der Waals surface area contributed by atoms with Crippen LogP contribution < -0.4 is 5.32 Å². The summed E-state index contributed by atoms with van der Waals surface area (Å²) in [4.78, 5) is 20.8. The molecule has 0 bridgehead atoms. The lowest BCUT2D eigenvalue weighted by Crippen LogP contribution is -2.06. The van der Waals surface area contributed by atoms with E-state index in [0.717, 1.165) is 33.2 Å². The molecule has 0 saturated carbocycles. The van der Waals surface area contributed by atoms with Crippen molar-refractivity contribution in [2.45, 2.75) is 6.42 Å². The number of aromatic nitrogens is 3. The largest absolute Gasteiger partial charge is 0.469 e. The molecule has 6 nitrogen and oxygen atoms in total. The minimum atomic E-state index is -0.332. The zero-order chi connectivity index (χ0) is 16.7. The second kappa shape index (κ2) is 5.76. The number of imidazole rings is 1. The predicted octanol–water partition coefficient (Wildman–Crippen LogP) is 3.47. The van der Waals surface area contributed by atoms with Gasteiger partial charge >= 0.3 is 5.97 Å². The van der Waals surface area contributed by atoms with E-state index in [-0.39, 0.29) is 12.4 Å². The number of esters is 1. The molecular formula is C17H13BrN4O2. The highest BCUT2D eigenvalue weighted by molar-refractivity contribution is 9.10. The first-order valence-corrected chi connectivity index (χ1v) is 8.14. The normalized spacial score (nSPS) is 11.6. The molecule has 3 heterocycles. The zero-order valence-corrected chi connectivity index (χ0v) is 14.4. The van der Waals surface area contributed by atoms with Crippen LogP contribution >= 0.6 is 15.9 Å². The fourth-order valence-electron chi connectivity index (χ4n) is 2.76. The van der Waals surface area contributed by atoms with Crippen molar-refractivity contribution in [2.24, 2.45) is 0 Å². The molecule has 0 fully saturated rings. The number of fused-ring (bicyclic) bond motifs is 5. The number of halogens is 1. The van der Waals surface area contributed by atoms with Gasteiger partial charge in [-0.25, -0.2) is 9.97 Å². The van der Waals surface area contributed by atoms with Gasteiger partial charge in [0.05, 0.1) is 30.6 Å². The van der Waals surface area contributed by atoms with Crippen molar-refractivity contribution >= 4 is 33.4 Å². The van der Waals surface area contributed by atoms with Crippen molar-refractivity contribution in [3.8, 4) is 17.1 Å². The molecule has 0 radical (unpaired) electrons. The second-order valence-electron chi connectivity index (χ2n) is 5.30. The SMILES string of the molecule is COC(=O)Cc1nc2n(c1Br)-c1cccnc1Nc1ccccc1-2. The molecule has 1 aliphatic rings. The highest BCUT2D eigenvalue weighted by Gasteiger charge is 2.26. The summed E-state index contributed by atoms with van der Waals surface area (Å²) in [6.07, 6.45) is 1.84. The number of para-hydroxylation sites is 1. The Balaban J connectivity index is 2.00. The number of ether oxygens (including phenoxy) is 1. The molecule has 1 N–H and O–H groups in total. The van der Waals surface area contributed by atoms with Crippen LogP contribution in [0, 0.1) is 0 Å². The average molecular weight is 385 g/mol. The monoisotopic (exact) mass is 384 g/mol. The summed E-state index contributed by atoms with van der Waals surface area (Å²) in [6.45, 7) is 0. The highest BCUT2D eigenvalue weighted by Crippen LogP contribution is 2.40. The fraction of sp³-hybridized carbons (Fsp3) is 0.118. The van der Waals surface area contributed by atoms with Gasteiger partial charge in [-0.05, 0) is 40.2 Å². The standard InChI is InChI=1S/C17H13BrN4O2/c1-24-14(23)9-12-15(18)22-13-7-4-8-19-16(13)20-11-6-3-2-5-10(11)17(22)21-12/h2-8H,9H2,1H3,(H,19,20). The fourth-order valence-corrected chi connectivity index (χ4v) is 3.34. The van der Waals surface area contributed by atoms with Gasteiger partial charge in [0.1, 0.15) is 10.4 Å². The number of anilines is 2. The van der Waals surface area contributed by atoms with E-state index in [1.54, 1.807) is 6.20 Å². The van der Waals surface area contributed by atoms with Gasteiger partial charge in [-0.1, -0.05) is 12.1 Å². The smallest absolute Gasteiger partial charge is 0.311 e. The number of nitrogens with one attached hydrogen (secondary N) is 1. The Morgan fingerprint density at radius 2 is 2.12 bits per heavy atom. The molecule has 0 saturated heterocycles. The van der Waals surface area contributed by atoms with Crippen molar-refractivity contribution in [1.29, 1.82) is 0 Å². The maximum atomic E-state index is 11.7. The number of pyridine rings is 1. The van der Waals surface area contributed by atoms with Crippen molar-refractivity contribution in [1.82, 2.24) is 14.5 Å². The van der Waals surface area contributed by atoms with E-state index in [0.29, 0.717) is 5.69 Å². The van der Waals surface area contributed by atoms with Gasteiger partial charge in [0, 0.05) is 11.8 Å². The van der Waals surface area contributed by atoms with Gasteiger partial charge in [-0.3, -0.25) is 9.36 Å². The molecule has 1 aliphatic heterocycles. The molecule has 0 amide bonds. The average Bonchev–Trinajstić information content (AvgIpc) is 2.84. The molecule has 24 heavy (non-hydrogen) atoms. The summed E-state index contributed by atoms with van der Waals surface area (Å²) >= 11 is 3.59. The highest BCUT2D eigenvalue weighted by atomic mass is 79.9. The Kier molecular flexibility index (Phi) is 3.57. The molecule has 0 spiro atoms. The van der Waals surface area contributed by atoms with Gasteiger partial charge in [-0.2, -0.15) is 0 Å². The Morgan fingerprint density at radius 3 is 2.96 bits per heavy atom. The first-order chi connectivity index (χ1) is 11.7. The van der Waals surface area contributed by atoms with Gasteiger partial charge in [0.25, 0.3) is 0 Å². The van der Waals surface area contributed by atoms with E-state index in [1.165, 1.54) is 7.11 Å². The number of nitrogens with zero attached hydrogens (tertiary/aromatic N) is 3. The number of carbonyl (C=O) groups excluding carboxylic acids is 1. The summed E-state index contributed by atoms with van der Waals surface area (Å²) in [6, 6.07) is 11.7. The van der Waals surface area contributed by atoms with Crippen LogP contribution in [0.5, 0.6) is 0 Å². The van der Waals surface area contributed by atoms with Gasteiger partial charge < -0.3 is 10.1 Å². The minimum Gasteiger partial charge on any atom is -0.469 e. The first-order valence-electron chi connectivity index (χ1n) is 7.35. The second-order valence-corrected chi connectivity index (χ2v) is 6.05. The Labute approximate surface area is 146 Å². The lowest BCUT2D eigenvalue weighted by molar-refractivity contribution is -0.139. The van der Waals surface area contributed by atoms with Crippen LogP contribution in [0.15, 0.2) is 47.2 Å². The molecule has 0 atom stereocenters. The van der Waals surface area contributed by atoms with Crippen LogP contribution in [0.1, 0.15) is 5.69 Å². The van der Waals surface area contributed by atoms with Crippen LogP contribution in [0.4, 0.5) is 11.5 Å². The molecule has 0 unspecified atom stereocenters. The molecule has 1 aromatic carbocycles. The number of benzene rings is 1. The summed E-state index contributed by atoms with van der Waals surface area (Å²) in [7, 11) is 1.37. The summed E-state index contributed by atoms with van der Waals surface area (Å²) < 4.78 is 7.45. The van der Waals surface area contributed by atoms with Crippen molar-refractivity contribution in [3.05, 3.63) is 52.9 Å². The van der Waals surface area contributed by atoms with Crippen molar-refractivity contribution < 1.29 is 9.53 Å². The molecule has 3 aromatic rings. The maximum Gasteiger partial charge on any atom is 0.311 e. The lowest BCUT2D eigenvalue weighted by atomic mass is 10.1. The van der Waals surface area contributed by atoms with Gasteiger partial charge in [0.2, 0.25) is 0 Å². The molecule has 2 aromatic heterocycles. The van der Waals surface area contributed by atoms with Crippen LogP contribution in [0.3, 0.4) is 0 Å². The third-order valence-corrected chi connectivity index (χ3v) is 4.69. The summed E-state index contributed by atoms with van der Waals surface area (Å²) in [5.74, 6) is 1.14. The van der Waals surface area contributed by atoms with Crippen LogP contribution in [0.25, 0.3) is 17.1 Å². The minimum absolute atomic E-state index is 0.0995. The third-order valence-electron chi connectivity index (χ3n) is 3.87. The van der Waals surface area contributed by atoms with E-state index in [1.807, 2.05) is 41.0 Å². The van der Waals surface area contributed by atoms with E-state index >= 15 is 0 Å². The van der Waals surface area contributed by atoms with E-state index in [9.17, 15) is 4.79 Å². The van der Waals surface area contributed by atoms with Crippen molar-refractivity contribution in [3.63, 3.8) is 0 Å². The Hall–Kier alpha value is -2.67. The van der Waals surface area contributed by atoms with Crippen LogP contribution in [-0.2, 0) is 16.0 Å². The van der Waals surface area contributed by atoms with Gasteiger partial charge in [-0.15, -0.1) is 0 Å². The number of methoxy groups -OCH3 is 1. The summed E-state index contributed by atoms with van der Waals surface area (Å²) in [5, 5.41) is 3.35. The summed E-state index contributed by atoms with van der Waals surface area (Å²) in [5.41, 5.74) is 3.34. The van der Waals surface area contributed by atoms with Crippen LogP contribution in [-0.4, -0.2) is 27.6 Å².